The van der Waals surface area contributed by atoms with Crippen LogP contribution in [0.25, 0.3) is 0 Å². The topological polar surface area (TPSA) is 69.4 Å². The van der Waals surface area contributed by atoms with E-state index in [2.05, 4.69) is 0 Å². The molecule has 4 nitrogen and oxygen atoms in total. The number of hydrogen-bond acceptors (Lipinski definition) is 4. The van der Waals surface area contributed by atoms with Gasteiger partial charge >= 0.3 is 0 Å². The van der Waals surface area contributed by atoms with Crippen molar-refractivity contribution in [1.82, 2.24) is 0 Å². The van der Waals surface area contributed by atoms with Crippen LogP contribution in [-0.2, 0) is 9.84 Å². The quantitative estimate of drug-likeness (QED) is 0.616. The molecule has 0 bridgehead atoms. The lowest BCUT2D eigenvalue weighted by atomic mass is 10.0. The van der Waals surface area contributed by atoms with Crippen LogP contribution in [0.5, 0.6) is 5.75 Å². The summed E-state index contributed by atoms with van der Waals surface area (Å²) in [4.78, 5) is 0. The van der Waals surface area contributed by atoms with Crippen molar-refractivity contribution in [2.75, 3.05) is 24.6 Å². The summed E-state index contributed by atoms with van der Waals surface area (Å²) in [6.07, 6.45) is 3.65. The van der Waals surface area contributed by atoms with Crippen LogP contribution in [0.2, 0.25) is 0 Å². The number of benzene rings is 1. The molecule has 1 aliphatic carbocycles. The van der Waals surface area contributed by atoms with E-state index in [0.717, 1.165) is 25.7 Å². The van der Waals surface area contributed by atoms with Crippen molar-refractivity contribution < 1.29 is 20.3 Å². The molecule has 0 amide bonds. The molecule has 0 radical (unpaired) electrons. The standard InChI is InChI=1S/C18H28FNO3S/c1-14(13-24(21,22)10-4-2-3-9-20)16-7-8-17(19)18(11-16)23-12-15-5-6-15/h7-8,11,14-15H,2-6,9-10,12-13,20H2,1H3/t14-/m0/s1/i12D2. The normalized spacial score (nSPS) is 18.0. The Kier molecular flexibility index (Phi) is 6.00. The molecule has 2 rings (SSSR count). The molecule has 0 aromatic heterocycles. The van der Waals surface area contributed by atoms with E-state index in [9.17, 15) is 12.8 Å². The summed E-state index contributed by atoms with van der Waals surface area (Å²) in [5.41, 5.74) is 6.03. The third-order valence-electron chi connectivity index (χ3n) is 4.10. The lowest BCUT2D eigenvalue weighted by Crippen LogP contribution is -2.16. The fraction of sp³-hybridized carbons (Fsp3) is 0.667. The maximum absolute atomic E-state index is 14.0. The molecule has 0 heterocycles. The van der Waals surface area contributed by atoms with E-state index < -0.39 is 22.2 Å². The van der Waals surface area contributed by atoms with Gasteiger partial charge in [-0.2, -0.15) is 0 Å². The Morgan fingerprint density at radius 1 is 1.38 bits per heavy atom. The largest absolute Gasteiger partial charge is 0.490 e. The minimum atomic E-state index is -3.22. The molecule has 0 spiro atoms. The van der Waals surface area contributed by atoms with Crippen molar-refractivity contribution in [3.05, 3.63) is 29.6 Å². The van der Waals surface area contributed by atoms with Crippen molar-refractivity contribution >= 4 is 9.84 Å². The van der Waals surface area contributed by atoms with E-state index >= 15 is 0 Å². The molecule has 1 atom stereocenters. The van der Waals surface area contributed by atoms with E-state index in [1.807, 2.05) is 0 Å². The van der Waals surface area contributed by atoms with Gasteiger partial charge in [0.2, 0.25) is 0 Å². The van der Waals surface area contributed by atoms with E-state index in [0.29, 0.717) is 18.5 Å². The molecule has 1 aromatic rings. The van der Waals surface area contributed by atoms with Crippen LogP contribution in [-0.4, -0.2) is 33.0 Å². The fourth-order valence-electron chi connectivity index (χ4n) is 2.46. The van der Waals surface area contributed by atoms with Crippen molar-refractivity contribution in [3.63, 3.8) is 0 Å². The third-order valence-corrected chi connectivity index (χ3v) is 6.02. The van der Waals surface area contributed by atoms with Crippen LogP contribution < -0.4 is 10.5 Å². The maximum atomic E-state index is 14.0. The van der Waals surface area contributed by atoms with E-state index in [1.165, 1.54) is 18.2 Å². The number of hydrogen-bond donors (Lipinski definition) is 1. The second-order valence-electron chi connectivity index (χ2n) is 6.55. The van der Waals surface area contributed by atoms with Crippen molar-refractivity contribution in [2.45, 2.75) is 44.9 Å². The Labute approximate surface area is 147 Å². The van der Waals surface area contributed by atoms with Crippen LogP contribution in [0.3, 0.4) is 0 Å². The van der Waals surface area contributed by atoms with E-state index in [-0.39, 0.29) is 29.1 Å². The Morgan fingerprint density at radius 3 is 2.79 bits per heavy atom. The Morgan fingerprint density at radius 2 is 2.12 bits per heavy atom. The van der Waals surface area contributed by atoms with Gasteiger partial charge in [0.25, 0.3) is 0 Å². The van der Waals surface area contributed by atoms with Crippen molar-refractivity contribution in [1.29, 1.82) is 0 Å². The highest BCUT2D eigenvalue weighted by atomic mass is 32.2. The minimum Gasteiger partial charge on any atom is -0.490 e. The molecule has 2 N–H and O–H groups in total. The van der Waals surface area contributed by atoms with Crippen LogP contribution in [0, 0.1) is 11.7 Å². The summed E-state index contributed by atoms with van der Waals surface area (Å²) >= 11 is 0. The summed E-state index contributed by atoms with van der Waals surface area (Å²) in [5.74, 6) is -1.26. The molecular weight excluding hydrogens is 329 g/mol. The summed E-state index contributed by atoms with van der Waals surface area (Å²) in [6, 6.07) is 4.16. The van der Waals surface area contributed by atoms with Gasteiger partial charge in [0.05, 0.1) is 20.8 Å². The first-order valence-corrected chi connectivity index (χ1v) is 10.4. The predicted octanol–water partition coefficient (Wildman–Crippen LogP) is 3.26. The van der Waals surface area contributed by atoms with Gasteiger partial charge in [0.1, 0.15) is 0 Å². The number of unbranched alkanes of at least 4 members (excludes halogenated alkanes) is 2. The van der Waals surface area contributed by atoms with Gasteiger partial charge in [-0.15, -0.1) is 0 Å². The van der Waals surface area contributed by atoms with Crippen LogP contribution in [0.4, 0.5) is 4.39 Å². The highest BCUT2D eigenvalue weighted by Crippen LogP contribution is 2.31. The number of rotatable bonds is 11. The fourth-order valence-corrected chi connectivity index (χ4v) is 4.22. The zero-order valence-electron chi connectivity index (χ0n) is 16.1. The van der Waals surface area contributed by atoms with Crippen molar-refractivity contribution in [3.8, 4) is 5.75 Å². The minimum absolute atomic E-state index is 0.0315. The number of sulfone groups is 1. The smallest absolute Gasteiger partial charge is 0.165 e. The first-order valence-electron chi connectivity index (χ1n) is 9.53. The lowest BCUT2D eigenvalue weighted by Gasteiger charge is -2.15. The van der Waals surface area contributed by atoms with E-state index in [1.54, 1.807) is 6.92 Å². The monoisotopic (exact) mass is 359 g/mol. The predicted molar refractivity (Wildman–Crippen MR) is 94.6 cm³/mol. The van der Waals surface area contributed by atoms with Gasteiger partial charge in [-0.25, -0.2) is 12.8 Å². The van der Waals surface area contributed by atoms with Crippen LogP contribution >= 0.6 is 0 Å². The molecule has 0 unspecified atom stereocenters. The highest BCUT2D eigenvalue weighted by Gasteiger charge is 2.23. The molecular formula is C18H28FNO3S. The summed E-state index contributed by atoms with van der Waals surface area (Å²) in [5, 5.41) is 0. The summed E-state index contributed by atoms with van der Waals surface area (Å²) in [7, 11) is -3.22. The zero-order chi connectivity index (χ0) is 19.4. The Hall–Kier alpha value is -1.14. The first-order chi connectivity index (χ1) is 12.1. The Balaban J connectivity index is 2.02. The molecule has 0 aliphatic heterocycles. The van der Waals surface area contributed by atoms with Gasteiger partial charge in [-0.1, -0.05) is 19.4 Å². The molecule has 1 aliphatic rings. The summed E-state index contributed by atoms with van der Waals surface area (Å²) in [6.45, 7) is 0.422. The Bertz CT molecular complexity index is 708. The van der Waals surface area contributed by atoms with Gasteiger partial charge < -0.3 is 10.5 Å². The molecule has 0 saturated heterocycles. The molecule has 1 saturated carbocycles. The van der Waals surface area contributed by atoms with Gasteiger partial charge in [0, 0.05) is 0 Å². The number of halogens is 1. The second-order valence-corrected chi connectivity index (χ2v) is 8.78. The van der Waals surface area contributed by atoms with Crippen LogP contribution in [0.15, 0.2) is 18.2 Å². The molecule has 24 heavy (non-hydrogen) atoms. The average molecular weight is 360 g/mol. The lowest BCUT2D eigenvalue weighted by molar-refractivity contribution is 0.285. The molecule has 136 valence electrons. The molecule has 6 heteroatoms. The second kappa shape index (κ2) is 8.81. The van der Waals surface area contributed by atoms with Gasteiger partial charge in [-0.05, 0) is 61.8 Å². The van der Waals surface area contributed by atoms with Gasteiger partial charge in [0.15, 0.2) is 21.4 Å². The van der Waals surface area contributed by atoms with Crippen LogP contribution in [0.1, 0.15) is 53.3 Å². The van der Waals surface area contributed by atoms with Crippen molar-refractivity contribution in [2.24, 2.45) is 11.7 Å². The SMILES string of the molecule is [2H]C([2H])(Oc1cc([C@@H](C)CS(=O)(=O)CCCCCN)ccc1F)C1CC1. The average Bonchev–Trinajstić information content (AvgIpc) is 3.38. The number of nitrogens with two attached hydrogens (primary N) is 1. The first kappa shape index (κ1) is 16.3. The molecule has 1 aromatic carbocycles. The van der Waals surface area contributed by atoms with Gasteiger partial charge in [-0.3, -0.25) is 0 Å². The van der Waals surface area contributed by atoms with E-state index in [4.69, 9.17) is 13.2 Å². The number of ether oxygens (including phenoxy) is 1. The maximum Gasteiger partial charge on any atom is 0.165 e. The highest BCUT2D eigenvalue weighted by molar-refractivity contribution is 7.91. The third kappa shape index (κ3) is 6.40. The molecule has 1 fully saturated rings. The zero-order valence-corrected chi connectivity index (χ0v) is 14.9. The summed E-state index contributed by atoms with van der Waals surface area (Å²) < 4.78 is 59.6.